The van der Waals surface area contributed by atoms with Gasteiger partial charge in [0.05, 0.1) is 5.69 Å². The van der Waals surface area contributed by atoms with E-state index in [-0.39, 0.29) is 5.75 Å². The standard InChI is InChI=1S/C15H15BrN2O/c1-9-4-5-10(2)13(6-9)17-18-14-8-12(16)7-11(3)15(14)19/h4-8,19H,1-3H3. The van der Waals surface area contributed by atoms with Crippen molar-refractivity contribution in [3.05, 3.63) is 51.5 Å². The summed E-state index contributed by atoms with van der Waals surface area (Å²) in [5.74, 6) is 0.164. The number of azo groups is 1. The maximum Gasteiger partial charge on any atom is 0.146 e. The molecule has 0 saturated carbocycles. The second-order valence-corrected chi connectivity index (χ2v) is 5.50. The molecule has 98 valence electrons. The molecule has 0 aliphatic heterocycles. The summed E-state index contributed by atoms with van der Waals surface area (Å²) in [6.07, 6.45) is 0. The van der Waals surface area contributed by atoms with Crippen LogP contribution in [0, 0.1) is 20.8 Å². The van der Waals surface area contributed by atoms with Gasteiger partial charge in [0.15, 0.2) is 0 Å². The first-order chi connectivity index (χ1) is 8.97. The number of aryl methyl sites for hydroxylation is 3. The van der Waals surface area contributed by atoms with Crippen LogP contribution in [-0.4, -0.2) is 5.11 Å². The number of aromatic hydroxyl groups is 1. The highest BCUT2D eigenvalue weighted by molar-refractivity contribution is 9.10. The number of phenols is 1. The van der Waals surface area contributed by atoms with E-state index in [1.807, 2.05) is 45.0 Å². The van der Waals surface area contributed by atoms with Crippen LogP contribution in [-0.2, 0) is 0 Å². The molecule has 0 bridgehead atoms. The lowest BCUT2D eigenvalue weighted by molar-refractivity contribution is 0.472. The van der Waals surface area contributed by atoms with Crippen LogP contribution in [0.5, 0.6) is 5.75 Å². The molecule has 2 aromatic rings. The Labute approximate surface area is 121 Å². The minimum atomic E-state index is 0.164. The molecule has 0 atom stereocenters. The minimum Gasteiger partial charge on any atom is -0.505 e. The van der Waals surface area contributed by atoms with Gasteiger partial charge in [-0.25, -0.2) is 0 Å². The maximum atomic E-state index is 9.95. The van der Waals surface area contributed by atoms with E-state index in [1.165, 1.54) is 0 Å². The van der Waals surface area contributed by atoms with Crippen molar-refractivity contribution in [1.29, 1.82) is 0 Å². The van der Waals surface area contributed by atoms with Crippen molar-refractivity contribution in [2.45, 2.75) is 20.8 Å². The Balaban J connectivity index is 2.40. The molecule has 0 heterocycles. The van der Waals surface area contributed by atoms with Crippen LogP contribution in [0.1, 0.15) is 16.7 Å². The fourth-order valence-corrected chi connectivity index (χ4v) is 2.29. The van der Waals surface area contributed by atoms with Gasteiger partial charge in [-0.05, 0) is 55.7 Å². The van der Waals surface area contributed by atoms with Crippen LogP contribution >= 0.6 is 15.9 Å². The van der Waals surface area contributed by atoms with Gasteiger partial charge in [-0.1, -0.05) is 28.1 Å². The summed E-state index contributed by atoms with van der Waals surface area (Å²) >= 11 is 3.39. The number of hydrogen-bond donors (Lipinski definition) is 1. The predicted molar refractivity (Wildman–Crippen MR) is 80.6 cm³/mol. The smallest absolute Gasteiger partial charge is 0.146 e. The van der Waals surface area contributed by atoms with Crippen molar-refractivity contribution in [2.24, 2.45) is 10.2 Å². The van der Waals surface area contributed by atoms with Crippen LogP contribution in [0.15, 0.2) is 45.0 Å². The first kappa shape index (κ1) is 13.7. The van der Waals surface area contributed by atoms with E-state index >= 15 is 0 Å². The van der Waals surface area contributed by atoms with Crippen molar-refractivity contribution in [3.63, 3.8) is 0 Å². The summed E-state index contributed by atoms with van der Waals surface area (Å²) in [4.78, 5) is 0. The first-order valence-electron chi connectivity index (χ1n) is 5.95. The highest BCUT2D eigenvalue weighted by Crippen LogP contribution is 2.34. The summed E-state index contributed by atoms with van der Waals surface area (Å²) in [5.41, 5.74) is 4.24. The summed E-state index contributed by atoms with van der Waals surface area (Å²) in [6, 6.07) is 9.61. The number of halogens is 1. The van der Waals surface area contributed by atoms with Crippen molar-refractivity contribution in [2.75, 3.05) is 0 Å². The first-order valence-corrected chi connectivity index (χ1v) is 6.75. The molecule has 2 aromatic carbocycles. The molecule has 0 unspecified atom stereocenters. The van der Waals surface area contributed by atoms with Gasteiger partial charge in [0.2, 0.25) is 0 Å². The summed E-state index contributed by atoms with van der Waals surface area (Å²) in [7, 11) is 0. The van der Waals surface area contributed by atoms with Crippen molar-refractivity contribution in [1.82, 2.24) is 0 Å². The van der Waals surface area contributed by atoms with E-state index in [2.05, 4.69) is 26.2 Å². The minimum absolute atomic E-state index is 0.164. The van der Waals surface area contributed by atoms with E-state index in [9.17, 15) is 5.11 Å². The molecule has 0 aliphatic rings. The average molecular weight is 319 g/mol. The van der Waals surface area contributed by atoms with Gasteiger partial charge in [-0.3, -0.25) is 0 Å². The SMILES string of the molecule is Cc1ccc(C)c(N=Nc2cc(Br)cc(C)c2O)c1. The van der Waals surface area contributed by atoms with Gasteiger partial charge < -0.3 is 5.11 Å². The third-order valence-electron chi connectivity index (χ3n) is 2.88. The van der Waals surface area contributed by atoms with E-state index in [0.29, 0.717) is 5.69 Å². The van der Waals surface area contributed by atoms with Crippen LogP contribution in [0.4, 0.5) is 11.4 Å². The zero-order valence-corrected chi connectivity index (χ0v) is 12.7. The third kappa shape index (κ3) is 3.20. The number of nitrogens with zero attached hydrogens (tertiary/aromatic N) is 2. The summed E-state index contributed by atoms with van der Waals surface area (Å²) < 4.78 is 0.873. The molecular weight excluding hydrogens is 304 g/mol. The lowest BCUT2D eigenvalue weighted by atomic mass is 10.1. The molecule has 1 N–H and O–H groups in total. The molecule has 0 spiro atoms. The molecule has 0 radical (unpaired) electrons. The van der Waals surface area contributed by atoms with E-state index in [4.69, 9.17) is 0 Å². The van der Waals surface area contributed by atoms with Crippen molar-refractivity contribution < 1.29 is 5.11 Å². The van der Waals surface area contributed by atoms with Crippen LogP contribution in [0.25, 0.3) is 0 Å². The van der Waals surface area contributed by atoms with Gasteiger partial charge in [-0.15, -0.1) is 5.11 Å². The highest BCUT2D eigenvalue weighted by Gasteiger charge is 2.05. The molecule has 2 rings (SSSR count). The predicted octanol–water partition coefficient (Wildman–Crippen LogP) is 5.50. The number of hydrogen-bond acceptors (Lipinski definition) is 3. The van der Waals surface area contributed by atoms with E-state index < -0.39 is 0 Å². The van der Waals surface area contributed by atoms with E-state index in [1.54, 1.807) is 6.07 Å². The fourth-order valence-electron chi connectivity index (χ4n) is 1.73. The fraction of sp³-hybridized carbons (Fsp3) is 0.200. The number of phenolic OH excluding ortho intramolecular Hbond substituents is 1. The normalized spacial score (nSPS) is 11.2. The summed E-state index contributed by atoms with van der Waals surface area (Å²) in [6.45, 7) is 5.83. The van der Waals surface area contributed by atoms with Gasteiger partial charge in [0.25, 0.3) is 0 Å². The Hall–Kier alpha value is -1.68. The Kier molecular flexibility index (Phi) is 4.00. The van der Waals surface area contributed by atoms with Gasteiger partial charge in [0, 0.05) is 4.47 Å². The molecule has 0 aliphatic carbocycles. The monoisotopic (exact) mass is 318 g/mol. The molecule has 4 heteroatoms. The lowest BCUT2D eigenvalue weighted by Gasteiger charge is -2.04. The molecule has 0 amide bonds. The Bertz CT molecular complexity index is 651. The van der Waals surface area contributed by atoms with Gasteiger partial charge in [-0.2, -0.15) is 5.11 Å². The topological polar surface area (TPSA) is 45.0 Å². The quantitative estimate of drug-likeness (QED) is 0.730. The second-order valence-electron chi connectivity index (χ2n) is 4.58. The number of rotatable bonds is 2. The second kappa shape index (κ2) is 5.53. The molecule has 19 heavy (non-hydrogen) atoms. The molecular formula is C15H15BrN2O. The van der Waals surface area contributed by atoms with E-state index in [0.717, 1.165) is 26.9 Å². The van der Waals surface area contributed by atoms with Crippen molar-refractivity contribution in [3.8, 4) is 5.75 Å². The molecule has 0 aromatic heterocycles. The van der Waals surface area contributed by atoms with Gasteiger partial charge in [0.1, 0.15) is 11.4 Å². The third-order valence-corrected chi connectivity index (χ3v) is 3.33. The lowest BCUT2D eigenvalue weighted by Crippen LogP contribution is -1.78. The van der Waals surface area contributed by atoms with Crippen LogP contribution in [0.2, 0.25) is 0 Å². The van der Waals surface area contributed by atoms with Crippen LogP contribution in [0.3, 0.4) is 0 Å². The summed E-state index contributed by atoms with van der Waals surface area (Å²) in [5, 5.41) is 18.3. The number of benzene rings is 2. The zero-order valence-electron chi connectivity index (χ0n) is 11.1. The molecule has 0 fully saturated rings. The Morgan fingerprint density at radius 2 is 1.58 bits per heavy atom. The molecule has 3 nitrogen and oxygen atoms in total. The highest BCUT2D eigenvalue weighted by atomic mass is 79.9. The Morgan fingerprint density at radius 1 is 0.895 bits per heavy atom. The zero-order chi connectivity index (χ0) is 14.0. The van der Waals surface area contributed by atoms with Crippen molar-refractivity contribution >= 4 is 27.3 Å². The largest absolute Gasteiger partial charge is 0.505 e. The van der Waals surface area contributed by atoms with Gasteiger partial charge >= 0.3 is 0 Å². The van der Waals surface area contributed by atoms with Crippen LogP contribution < -0.4 is 0 Å². The maximum absolute atomic E-state index is 9.95. The molecule has 0 saturated heterocycles. The average Bonchev–Trinajstić information content (AvgIpc) is 2.35. The Morgan fingerprint density at radius 3 is 2.32 bits per heavy atom.